The number of carbonyl (C=O) groups excluding carboxylic acids is 1. The summed E-state index contributed by atoms with van der Waals surface area (Å²) in [5.41, 5.74) is 2.61. The van der Waals surface area contributed by atoms with Crippen LogP contribution in [0.5, 0.6) is 0 Å². The number of aromatic nitrogens is 3. The molecular formula is C15H15ClN4O. The summed E-state index contributed by atoms with van der Waals surface area (Å²) in [5.74, 6) is 1.20. The molecule has 0 spiro atoms. The molecule has 0 aliphatic rings. The second-order valence-electron chi connectivity index (χ2n) is 4.74. The summed E-state index contributed by atoms with van der Waals surface area (Å²) in [4.78, 5) is 20.8. The fourth-order valence-corrected chi connectivity index (χ4v) is 2.65. The van der Waals surface area contributed by atoms with E-state index in [2.05, 4.69) is 15.3 Å². The SMILES string of the molecule is CNC(=O)Cn1c(CCCl)nc2cnc3ccccc3c21. The van der Waals surface area contributed by atoms with Crippen LogP contribution in [0.25, 0.3) is 21.9 Å². The summed E-state index contributed by atoms with van der Waals surface area (Å²) in [6, 6.07) is 7.85. The van der Waals surface area contributed by atoms with Crippen molar-refractivity contribution in [1.29, 1.82) is 0 Å². The van der Waals surface area contributed by atoms with E-state index in [1.54, 1.807) is 13.2 Å². The van der Waals surface area contributed by atoms with Crippen LogP contribution in [0.2, 0.25) is 0 Å². The number of alkyl halides is 1. The van der Waals surface area contributed by atoms with E-state index < -0.39 is 0 Å². The van der Waals surface area contributed by atoms with Crippen molar-refractivity contribution in [3.8, 4) is 0 Å². The van der Waals surface area contributed by atoms with Gasteiger partial charge in [0.25, 0.3) is 0 Å². The Labute approximate surface area is 126 Å². The van der Waals surface area contributed by atoms with Gasteiger partial charge in [-0.25, -0.2) is 4.98 Å². The fraction of sp³-hybridized carbons (Fsp3) is 0.267. The molecule has 0 aliphatic carbocycles. The number of benzene rings is 1. The van der Waals surface area contributed by atoms with Gasteiger partial charge in [0.2, 0.25) is 5.91 Å². The molecule has 0 unspecified atom stereocenters. The van der Waals surface area contributed by atoms with Gasteiger partial charge < -0.3 is 9.88 Å². The number of para-hydroxylation sites is 1. The van der Waals surface area contributed by atoms with Crippen LogP contribution in [-0.4, -0.2) is 33.4 Å². The quantitative estimate of drug-likeness (QED) is 0.751. The van der Waals surface area contributed by atoms with Gasteiger partial charge in [0.1, 0.15) is 17.9 Å². The third-order valence-electron chi connectivity index (χ3n) is 3.46. The number of hydrogen-bond donors (Lipinski definition) is 1. The highest BCUT2D eigenvalue weighted by molar-refractivity contribution is 6.18. The smallest absolute Gasteiger partial charge is 0.239 e. The molecule has 2 heterocycles. The van der Waals surface area contributed by atoms with E-state index in [4.69, 9.17) is 11.6 Å². The van der Waals surface area contributed by atoms with Crippen LogP contribution in [0, 0.1) is 0 Å². The Balaban J connectivity index is 2.30. The van der Waals surface area contributed by atoms with E-state index in [0.717, 1.165) is 27.8 Å². The molecule has 0 fully saturated rings. The minimum Gasteiger partial charge on any atom is -0.358 e. The molecule has 0 bridgehead atoms. The number of rotatable bonds is 4. The molecule has 0 aliphatic heterocycles. The Bertz CT molecular complexity index is 812. The number of imidazole rings is 1. The molecule has 0 saturated carbocycles. The van der Waals surface area contributed by atoms with E-state index in [9.17, 15) is 4.79 Å². The zero-order chi connectivity index (χ0) is 14.8. The van der Waals surface area contributed by atoms with Gasteiger partial charge in [-0.3, -0.25) is 9.78 Å². The van der Waals surface area contributed by atoms with Crippen molar-refractivity contribution >= 4 is 39.4 Å². The second kappa shape index (κ2) is 5.69. The van der Waals surface area contributed by atoms with Crippen molar-refractivity contribution in [3.63, 3.8) is 0 Å². The van der Waals surface area contributed by atoms with Crippen molar-refractivity contribution in [2.75, 3.05) is 12.9 Å². The molecule has 0 atom stereocenters. The van der Waals surface area contributed by atoms with Gasteiger partial charge >= 0.3 is 0 Å². The molecule has 1 N–H and O–H groups in total. The molecule has 1 aromatic carbocycles. The number of pyridine rings is 1. The third-order valence-corrected chi connectivity index (χ3v) is 3.65. The monoisotopic (exact) mass is 302 g/mol. The number of nitrogens with zero attached hydrogens (tertiary/aromatic N) is 3. The van der Waals surface area contributed by atoms with Crippen LogP contribution in [0.4, 0.5) is 0 Å². The molecule has 0 radical (unpaired) electrons. The first-order valence-corrected chi connectivity index (χ1v) is 7.27. The lowest BCUT2D eigenvalue weighted by Gasteiger charge is -2.08. The lowest BCUT2D eigenvalue weighted by Crippen LogP contribution is -2.24. The van der Waals surface area contributed by atoms with Gasteiger partial charge in [0.05, 0.1) is 17.2 Å². The standard InChI is InChI=1S/C15H15ClN4O/c1-17-14(21)9-20-13(6-7-16)19-12-8-18-11-5-3-2-4-10(11)15(12)20/h2-5,8H,6-7,9H2,1H3,(H,17,21). The maximum atomic E-state index is 11.8. The summed E-state index contributed by atoms with van der Waals surface area (Å²) in [5, 5.41) is 3.64. The summed E-state index contributed by atoms with van der Waals surface area (Å²) in [6.45, 7) is 0.229. The van der Waals surface area contributed by atoms with Crippen LogP contribution in [0.3, 0.4) is 0 Å². The molecule has 0 saturated heterocycles. The number of halogens is 1. The molecule has 3 aromatic rings. The molecular weight excluding hydrogens is 288 g/mol. The topological polar surface area (TPSA) is 59.8 Å². The summed E-state index contributed by atoms with van der Waals surface area (Å²) in [6.07, 6.45) is 2.36. The van der Waals surface area contributed by atoms with Crippen molar-refractivity contribution in [2.45, 2.75) is 13.0 Å². The van der Waals surface area contributed by atoms with E-state index in [0.29, 0.717) is 12.3 Å². The molecule has 5 nitrogen and oxygen atoms in total. The molecule has 6 heteroatoms. The van der Waals surface area contributed by atoms with Gasteiger partial charge in [-0.05, 0) is 6.07 Å². The van der Waals surface area contributed by atoms with Gasteiger partial charge in [0.15, 0.2) is 0 Å². The first-order chi connectivity index (χ1) is 10.2. The van der Waals surface area contributed by atoms with Crippen LogP contribution in [0.1, 0.15) is 5.82 Å². The predicted octanol–water partition coefficient (Wildman–Crippen LogP) is 2.11. The van der Waals surface area contributed by atoms with Crippen LogP contribution in [-0.2, 0) is 17.8 Å². The van der Waals surface area contributed by atoms with E-state index in [-0.39, 0.29) is 12.5 Å². The average molecular weight is 303 g/mol. The van der Waals surface area contributed by atoms with Gasteiger partial charge in [-0.2, -0.15) is 0 Å². The molecule has 1 amide bonds. The number of likely N-dealkylation sites (N-methyl/N-ethyl adjacent to an activating group) is 1. The fourth-order valence-electron chi connectivity index (χ4n) is 2.48. The summed E-state index contributed by atoms with van der Waals surface area (Å²) >= 11 is 5.85. The van der Waals surface area contributed by atoms with Crippen LogP contribution in [0.15, 0.2) is 30.5 Å². The highest BCUT2D eigenvalue weighted by Gasteiger charge is 2.15. The Morgan fingerprint density at radius 1 is 1.33 bits per heavy atom. The lowest BCUT2D eigenvalue weighted by molar-refractivity contribution is -0.121. The van der Waals surface area contributed by atoms with Gasteiger partial charge in [-0.1, -0.05) is 18.2 Å². The summed E-state index contributed by atoms with van der Waals surface area (Å²) < 4.78 is 1.93. The molecule has 21 heavy (non-hydrogen) atoms. The minimum atomic E-state index is -0.0639. The predicted molar refractivity (Wildman–Crippen MR) is 83.5 cm³/mol. The van der Waals surface area contributed by atoms with Crippen molar-refractivity contribution < 1.29 is 4.79 Å². The van der Waals surface area contributed by atoms with Gasteiger partial charge in [0, 0.05) is 24.7 Å². The Morgan fingerprint density at radius 3 is 2.90 bits per heavy atom. The number of hydrogen-bond acceptors (Lipinski definition) is 3. The first kappa shape index (κ1) is 13.8. The number of amides is 1. The number of carbonyl (C=O) groups is 1. The maximum Gasteiger partial charge on any atom is 0.239 e. The van der Waals surface area contributed by atoms with E-state index >= 15 is 0 Å². The number of aryl methyl sites for hydroxylation is 1. The van der Waals surface area contributed by atoms with E-state index in [1.165, 1.54) is 0 Å². The van der Waals surface area contributed by atoms with E-state index in [1.807, 2.05) is 28.8 Å². The zero-order valence-corrected chi connectivity index (χ0v) is 12.4. The molecule has 2 aromatic heterocycles. The third kappa shape index (κ3) is 2.45. The Kier molecular flexibility index (Phi) is 3.75. The number of fused-ring (bicyclic) bond motifs is 3. The Hall–Kier alpha value is -2.14. The largest absolute Gasteiger partial charge is 0.358 e. The molecule has 108 valence electrons. The van der Waals surface area contributed by atoms with Crippen LogP contribution < -0.4 is 5.32 Å². The minimum absolute atomic E-state index is 0.0639. The van der Waals surface area contributed by atoms with Crippen molar-refractivity contribution in [1.82, 2.24) is 19.9 Å². The first-order valence-electron chi connectivity index (χ1n) is 6.74. The highest BCUT2D eigenvalue weighted by atomic mass is 35.5. The normalized spacial score (nSPS) is 11.1. The zero-order valence-electron chi connectivity index (χ0n) is 11.6. The average Bonchev–Trinajstić information content (AvgIpc) is 2.85. The Morgan fingerprint density at radius 2 is 2.14 bits per heavy atom. The summed E-state index contributed by atoms with van der Waals surface area (Å²) in [7, 11) is 1.63. The molecule has 3 rings (SSSR count). The second-order valence-corrected chi connectivity index (χ2v) is 5.11. The van der Waals surface area contributed by atoms with Crippen molar-refractivity contribution in [2.24, 2.45) is 0 Å². The maximum absolute atomic E-state index is 11.8. The van der Waals surface area contributed by atoms with Crippen molar-refractivity contribution in [3.05, 3.63) is 36.3 Å². The lowest BCUT2D eigenvalue weighted by atomic mass is 10.2. The van der Waals surface area contributed by atoms with Crippen LogP contribution >= 0.6 is 11.6 Å². The highest BCUT2D eigenvalue weighted by Crippen LogP contribution is 2.25. The number of nitrogens with one attached hydrogen (secondary N) is 1. The van der Waals surface area contributed by atoms with Gasteiger partial charge in [-0.15, -0.1) is 11.6 Å².